The molecule has 0 fully saturated rings. The van der Waals surface area contributed by atoms with Crippen LogP contribution in [0.1, 0.15) is 28.9 Å². The van der Waals surface area contributed by atoms with Gasteiger partial charge in [0.2, 0.25) is 5.91 Å². The van der Waals surface area contributed by atoms with Crippen LogP contribution in [0.25, 0.3) is 0 Å². The standard InChI is InChI=1S/C20H23N3O5/c1-14(15-6-4-3-5-7-15)21-18(24)12-28-13-19(25)22-23-20(26)16-8-10-17(27-2)11-9-16/h3-11,14H,12-13H2,1-2H3,(H,21,24)(H,22,25)(H,23,26)/t14-/m0/s1. The molecule has 0 aliphatic heterocycles. The van der Waals surface area contributed by atoms with E-state index in [1.807, 2.05) is 37.3 Å². The Bertz CT molecular complexity index is 793. The van der Waals surface area contributed by atoms with Crippen molar-refractivity contribution in [3.63, 3.8) is 0 Å². The summed E-state index contributed by atoms with van der Waals surface area (Å²) < 4.78 is 10.1. The van der Waals surface area contributed by atoms with Crippen LogP contribution in [0.5, 0.6) is 5.75 Å². The number of benzene rings is 2. The van der Waals surface area contributed by atoms with Crippen molar-refractivity contribution in [1.29, 1.82) is 0 Å². The SMILES string of the molecule is COc1ccc(C(=O)NNC(=O)COCC(=O)N[C@@H](C)c2ccccc2)cc1. The molecular formula is C20H23N3O5. The Balaban J connectivity index is 1.65. The van der Waals surface area contributed by atoms with Gasteiger partial charge in [-0.3, -0.25) is 25.2 Å². The Morgan fingerprint density at radius 3 is 2.18 bits per heavy atom. The molecule has 0 unspecified atom stereocenters. The van der Waals surface area contributed by atoms with E-state index >= 15 is 0 Å². The van der Waals surface area contributed by atoms with Gasteiger partial charge < -0.3 is 14.8 Å². The minimum atomic E-state index is -0.578. The molecule has 8 nitrogen and oxygen atoms in total. The molecule has 3 amide bonds. The average molecular weight is 385 g/mol. The van der Waals surface area contributed by atoms with Crippen LogP contribution in [0.2, 0.25) is 0 Å². The first-order valence-corrected chi connectivity index (χ1v) is 8.65. The number of amides is 3. The predicted molar refractivity (Wildman–Crippen MR) is 102 cm³/mol. The molecule has 2 aromatic carbocycles. The zero-order chi connectivity index (χ0) is 20.4. The Kier molecular flexibility index (Phi) is 7.98. The van der Waals surface area contributed by atoms with Crippen molar-refractivity contribution < 1.29 is 23.9 Å². The smallest absolute Gasteiger partial charge is 0.269 e. The lowest BCUT2D eigenvalue weighted by Gasteiger charge is -2.14. The number of carbonyl (C=O) groups excluding carboxylic acids is 3. The van der Waals surface area contributed by atoms with Gasteiger partial charge in [-0.25, -0.2) is 0 Å². The van der Waals surface area contributed by atoms with Gasteiger partial charge in [0.05, 0.1) is 13.2 Å². The second kappa shape index (κ2) is 10.7. The Morgan fingerprint density at radius 1 is 0.893 bits per heavy atom. The van der Waals surface area contributed by atoms with E-state index in [0.29, 0.717) is 11.3 Å². The largest absolute Gasteiger partial charge is 0.497 e. The van der Waals surface area contributed by atoms with Crippen LogP contribution < -0.4 is 20.9 Å². The van der Waals surface area contributed by atoms with Gasteiger partial charge in [-0.05, 0) is 36.8 Å². The average Bonchev–Trinajstić information content (AvgIpc) is 2.72. The topological polar surface area (TPSA) is 106 Å². The van der Waals surface area contributed by atoms with Gasteiger partial charge >= 0.3 is 0 Å². The first kappa shape index (κ1) is 20.9. The number of ether oxygens (including phenoxy) is 2. The van der Waals surface area contributed by atoms with E-state index in [1.54, 1.807) is 24.3 Å². The van der Waals surface area contributed by atoms with Gasteiger partial charge in [0, 0.05) is 5.56 Å². The van der Waals surface area contributed by atoms with Gasteiger partial charge in [-0.2, -0.15) is 0 Å². The fourth-order valence-corrected chi connectivity index (χ4v) is 2.32. The van der Waals surface area contributed by atoms with Gasteiger partial charge in [0.25, 0.3) is 11.8 Å². The zero-order valence-electron chi connectivity index (χ0n) is 15.7. The summed E-state index contributed by atoms with van der Waals surface area (Å²) in [5, 5.41) is 2.78. The Morgan fingerprint density at radius 2 is 1.54 bits per heavy atom. The number of carbonyl (C=O) groups is 3. The van der Waals surface area contributed by atoms with E-state index < -0.39 is 11.8 Å². The van der Waals surface area contributed by atoms with Crippen molar-refractivity contribution >= 4 is 17.7 Å². The highest BCUT2D eigenvalue weighted by Gasteiger charge is 2.11. The fraction of sp³-hybridized carbons (Fsp3) is 0.250. The lowest BCUT2D eigenvalue weighted by molar-refractivity contribution is -0.131. The summed E-state index contributed by atoms with van der Waals surface area (Å²) in [7, 11) is 1.53. The van der Waals surface area contributed by atoms with Gasteiger partial charge in [-0.1, -0.05) is 30.3 Å². The maximum absolute atomic E-state index is 11.9. The van der Waals surface area contributed by atoms with Gasteiger partial charge in [0.1, 0.15) is 19.0 Å². The zero-order valence-corrected chi connectivity index (χ0v) is 15.7. The number of rotatable bonds is 8. The van der Waals surface area contributed by atoms with Crippen molar-refractivity contribution in [1.82, 2.24) is 16.2 Å². The molecule has 0 aliphatic carbocycles. The van der Waals surface area contributed by atoms with Gasteiger partial charge in [0.15, 0.2) is 0 Å². The Labute approximate surface area is 163 Å². The second-order valence-corrected chi connectivity index (χ2v) is 5.92. The summed E-state index contributed by atoms with van der Waals surface area (Å²) >= 11 is 0. The molecule has 8 heteroatoms. The molecule has 0 saturated carbocycles. The first-order valence-electron chi connectivity index (χ1n) is 8.65. The van der Waals surface area contributed by atoms with Gasteiger partial charge in [-0.15, -0.1) is 0 Å². The molecule has 1 atom stereocenters. The van der Waals surface area contributed by atoms with Crippen LogP contribution >= 0.6 is 0 Å². The summed E-state index contributed by atoms with van der Waals surface area (Å²) in [5.41, 5.74) is 5.82. The molecule has 0 aromatic heterocycles. The molecule has 0 aliphatic rings. The normalized spacial score (nSPS) is 11.2. The lowest BCUT2D eigenvalue weighted by Crippen LogP contribution is -2.43. The van der Waals surface area contributed by atoms with E-state index in [0.717, 1.165) is 5.56 Å². The van der Waals surface area contributed by atoms with Crippen LogP contribution in [0.3, 0.4) is 0 Å². The maximum Gasteiger partial charge on any atom is 0.269 e. The van der Waals surface area contributed by atoms with E-state index in [-0.39, 0.29) is 25.2 Å². The monoisotopic (exact) mass is 385 g/mol. The maximum atomic E-state index is 11.9. The number of hydrogen-bond acceptors (Lipinski definition) is 5. The second-order valence-electron chi connectivity index (χ2n) is 5.92. The molecule has 148 valence electrons. The summed E-state index contributed by atoms with van der Waals surface area (Å²) in [5.74, 6) is -0.781. The van der Waals surface area contributed by atoms with Crippen LogP contribution in [0, 0.1) is 0 Å². The minimum Gasteiger partial charge on any atom is -0.497 e. The minimum absolute atomic E-state index is 0.171. The third-order valence-corrected chi connectivity index (χ3v) is 3.81. The highest BCUT2D eigenvalue weighted by molar-refractivity contribution is 5.95. The molecule has 0 bridgehead atoms. The summed E-state index contributed by atoms with van der Waals surface area (Å²) in [4.78, 5) is 35.5. The number of hydrazine groups is 1. The lowest BCUT2D eigenvalue weighted by atomic mass is 10.1. The number of nitrogens with one attached hydrogen (secondary N) is 3. The Hall–Kier alpha value is -3.39. The van der Waals surface area contributed by atoms with E-state index in [9.17, 15) is 14.4 Å². The highest BCUT2D eigenvalue weighted by atomic mass is 16.5. The fourth-order valence-electron chi connectivity index (χ4n) is 2.32. The van der Waals surface area contributed by atoms with Crippen molar-refractivity contribution in [2.45, 2.75) is 13.0 Å². The molecule has 2 aromatic rings. The molecule has 0 radical (unpaired) electrons. The van der Waals surface area contributed by atoms with Crippen molar-refractivity contribution in [2.24, 2.45) is 0 Å². The third kappa shape index (κ3) is 6.73. The van der Waals surface area contributed by atoms with E-state index in [4.69, 9.17) is 9.47 Å². The molecule has 2 rings (SSSR count). The number of methoxy groups -OCH3 is 1. The van der Waals surface area contributed by atoms with Crippen molar-refractivity contribution in [3.05, 3.63) is 65.7 Å². The molecular weight excluding hydrogens is 362 g/mol. The van der Waals surface area contributed by atoms with Crippen LogP contribution in [-0.2, 0) is 14.3 Å². The summed E-state index contributed by atoms with van der Waals surface area (Å²) in [6, 6.07) is 15.7. The number of hydrogen-bond donors (Lipinski definition) is 3. The summed E-state index contributed by atoms with van der Waals surface area (Å²) in [6.07, 6.45) is 0. The first-order chi connectivity index (χ1) is 13.5. The predicted octanol–water partition coefficient (Wildman–Crippen LogP) is 1.35. The summed E-state index contributed by atoms with van der Waals surface area (Å²) in [6.45, 7) is 1.22. The molecule has 3 N–H and O–H groups in total. The quantitative estimate of drug-likeness (QED) is 0.595. The van der Waals surface area contributed by atoms with E-state index in [1.165, 1.54) is 7.11 Å². The van der Waals surface area contributed by atoms with Crippen LogP contribution in [-0.4, -0.2) is 38.0 Å². The van der Waals surface area contributed by atoms with Crippen molar-refractivity contribution in [2.75, 3.05) is 20.3 Å². The highest BCUT2D eigenvalue weighted by Crippen LogP contribution is 2.11. The molecule has 0 heterocycles. The van der Waals surface area contributed by atoms with Crippen LogP contribution in [0.15, 0.2) is 54.6 Å². The molecule has 0 spiro atoms. The third-order valence-electron chi connectivity index (χ3n) is 3.81. The molecule has 28 heavy (non-hydrogen) atoms. The molecule has 0 saturated heterocycles. The van der Waals surface area contributed by atoms with E-state index in [2.05, 4.69) is 16.2 Å². The van der Waals surface area contributed by atoms with Crippen molar-refractivity contribution in [3.8, 4) is 5.75 Å². The van der Waals surface area contributed by atoms with Crippen LogP contribution in [0.4, 0.5) is 0 Å².